The van der Waals surface area contributed by atoms with Crippen LogP contribution in [0, 0.1) is 0 Å². The highest BCUT2D eigenvalue weighted by Gasteiger charge is 2.20. The maximum absolute atomic E-state index is 10.4. The Morgan fingerprint density at radius 3 is 2.50 bits per heavy atom. The van der Waals surface area contributed by atoms with Gasteiger partial charge in [-0.15, -0.1) is 0 Å². The van der Waals surface area contributed by atoms with Crippen molar-refractivity contribution in [3.05, 3.63) is 65.2 Å². The lowest BCUT2D eigenvalue weighted by Crippen LogP contribution is -2.14. The number of rotatable bonds is 4. The second-order valence-electron chi connectivity index (χ2n) is 6.97. The number of anilines is 1. The largest absolute Gasteiger partial charge is 0.508 e. The van der Waals surface area contributed by atoms with Gasteiger partial charge < -0.3 is 10.0 Å². The number of fused-ring (bicyclic) bond motifs is 1. The van der Waals surface area contributed by atoms with Crippen molar-refractivity contribution in [3.8, 4) is 11.1 Å². The van der Waals surface area contributed by atoms with E-state index < -0.39 is 0 Å². The number of hydrogen-bond acceptors (Lipinski definition) is 3. The van der Waals surface area contributed by atoms with E-state index in [0.717, 1.165) is 22.0 Å². The Kier molecular flexibility index (Phi) is 4.92. The maximum atomic E-state index is 10.4. The monoisotopic (exact) mass is 366 g/mol. The van der Waals surface area contributed by atoms with E-state index in [-0.39, 0.29) is 5.76 Å². The first-order valence-electron chi connectivity index (χ1n) is 8.58. The predicted molar refractivity (Wildman–Crippen MR) is 112 cm³/mol. The molecule has 4 heteroatoms. The lowest BCUT2D eigenvalue weighted by atomic mass is 9.91. The van der Waals surface area contributed by atoms with E-state index in [9.17, 15) is 5.11 Å². The minimum Gasteiger partial charge on any atom is -0.508 e. The minimum absolute atomic E-state index is 0.00646. The summed E-state index contributed by atoms with van der Waals surface area (Å²) in [6.45, 7) is 8.13. The Hall–Kier alpha value is -2.52. The van der Waals surface area contributed by atoms with E-state index in [1.54, 1.807) is 0 Å². The van der Waals surface area contributed by atoms with Crippen molar-refractivity contribution < 1.29 is 5.11 Å². The van der Waals surface area contributed by atoms with E-state index in [4.69, 9.17) is 16.6 Å². The summed E-state index contributed by atoms with van der Waals surface area (Å²) >= 11 is 6.27. The summed E-state index contributed by atoms with van der Waals surface area (Å²) in [7, 11) is 3.82. The average Bonchev–Trinajstić information content (AvgIpc) is 2.59. The van der Waals surface area contributed by atoms with Crippen LogP contribution in [-0.4, -0.2) is 24.2 Å². The highest BCUT2D eigenvalue weighted by atomic mass is 35.5. The van der Waals surface area contributed by atoms with Gasteiger partial charge in [-0.3, -0.25) is 0 Å². The maximum Gasteiger partial charge on any atom is 0.140 e. The predicted octanol–water partition coefficient (Wildman–Crippen LogP) is 6.27. The number of aliphatic hydroxyl groups is 1. The van der Waals surface area contributed by atoms with Crippen molar-refractivity contribution in [1.29, 1.82) is 0 Å². The smallest absolute Gasteiger partial charge is 0.140 e. The summed E-state index contributed by atoms with van der Waals surface area (Å²) in [5, 5.41) is 11.9. The summed E-state index contributed by atoms with van der Waals surface area (Å²) in [4.78, 5) is 6.62. The number of aliphatic hydroxyl groups excluding tert-OH is 1. The third kappa shape index (κ3) is 3.27. The summed E-state index contributed by atoms with van der Waals surface area (Å²) in [5.41, 5.74) is 4.60. The number of nitrogens with zero attached hydrogens (tertiary/aromatic N) is 2. The normalized spacial score (nSPS) is 11.2. The van der Waals surface area contributed by atoms with Gasteiger partial charge in [0, 0.05) is 30.1 Å². The van der Waals surface area contributed by atoms with Gasteiger partial charge in [0.2, 0.25) is 0 Å². The quantitative estimate of drug-likeness (QED) is 0.552. The van der Waals surface area contributed by atoms with E-state index in [1.807, 2.05) is 49.3 Å². The molecule has 134 valence electrons. The molecule has 1 aromatic heterocycles. The molecular formula is C22H23ClN2O. The number of hydrogen-bond donors (Lipinski definition) is 1. The third-order valence-electron chi connectivity index (χ3n) is 4.48. The fraction of sp³-hybridized carbons (Fsp3) is 0.227. The van der Waals surface area contributed by atoms with Crippen molar-refractivity contribution in [3.63, 3.8) is 0 Å². The van der Waals surface area contributed by atoms with Crippen LogP contribution in [0.3, 0.4) is 0 Å². The average molecular weight is 367 g/mol. The third-order valence-corrected chi connectivity index (χ3v) is 4.72. The summed E-state index contributed by atoms with van der Waals surface area (Å²) in [5.74, 6) is 1.08. The Bertz CT molecular complexity index is 993. The molecule has 26 heavy (non-hydrogen) atoms. The van der Waals surface area contributed by atoms with Crippen LogP contribution < -0.4 is 4.90 Å². The summed E-state index contributed by atoms with van der Waals surface area (Å²) in [6.07, 6.45) is 0. The van der Waals surface area contributed by atoms with Crippen LogP contribution >= 0.6 is 11.6 Å². The molecule has 3 rings (SSSR count). The first-order chi connectivity index (χ1) is 12.3. The number of pyridine rings is 1. The van der Waals surface area contributed by atoms with Crippen molar-refractivity contribution in [2.24, 2.45) is 0 Å². The molecule has 0 radical (unpaired) electrons. The lowest BCUT2D eigenvalue weighted by molar-refractivity contribution is 0.514. The van der Waals surface area contributed by atoms with Crippen LogP contribution in [0.1, 0.15) is 30.9 Å². The number of aromatic nitrogens is 1. The van der Waals surface area contributed by atoms with Gasteiger partial charge in [0.1, 0.15) is 11.6 Å². The van der Waals surface area contributed by atoms with Crippen molar-refractivity contribution in [2.45, 2.75) is 19.8 Å². The highest BCUT2D eigenvalue weighted by molar-refractivity contribution is 6.31. The van der Waals surface area contributed by atoms with Crippen LogP contribution in [0.4, 0.5) is 5.82 Å². The molecule has 0 aliphatic carbocycles. The molecular weight excluding hydrogens is 344 g/mol. The van der Waals surface area contributed by atoms with Gasteiger partial charge >= 0.3 is 0 Å². The molecule has 0 spiro atoms. The number of benzene rings is 2. The second kappa shape index (κ2) is 7.00. The van der Waals surface area contributed by atoms with Gasteiger partial charge in [0.15, 0.2) is 0 Å². The van der Waals surface area contributed by atoms with Gasteiger partial charge in [-0.05, 0) is 35.2 Å². The van der Waals surface area contributed by atoms with Crippen LogP contribution in [0.25, 0.3) is 27.8 Å². The van der Waals surface area contributed by atoms with Crippen molar-refractivity contribution in [2.75, 3.05) is 19.0 Å². The Morgan fingerprint density at radius 1 is 1.15 bits per heavy atom. The van der Waals surface area contributed by atoms with Crippen LogP contribution in [-0.2, 0) is 0 Å². The van der Waals surface area contributed by atoms with Crippen LogP contribution in [0.15, 0.2) is 49.0 Å². The van der Waals surface area contributed by atoms with Gasteiger partial charge in [0.25, 0.3) is 0 Å². The van der Waals surface area contributed by atoms with Crippen LogP contribution in [0.5, 0.6) is 0 Å². The molecule has 1 heterocycles. The van der Waals surface area contributed by atoms with Gasteiger partial charge in [-0.1, -0.05) is 56.3 Å². The Labute approximate surface area is 159 Å². The zero-order valence-corrected chi connectivity index (χ0v) is 16.3. The minimum atomic E-state index is -0.00646. The van der Waals surface area contributed by atoms with E-state index >= 15 is 0 Å². The highest BCUT2D eigenvalue weighted by Crippen LogP contribution is 2.40. The summed E-state index contributed by atoms with van der Waals surface area (Å²) in [6, 6.07) is 14.0. The molecule has 0 aliphatic rings. The molecule has 0 unspecified atom stereocenters. The zero-order chi connectivity index (χ0) is 19.0. The van der Waals surface area contributed by atoms with Crippen molar-refractivity contribution >= 4 is 34.1 Å². The molecule has 2 aromatic carbocycles. The molecule has 0 saturated heterocycles. The Balaban J connectivity index is 2.48. The first kappa shape index (κ1) is 18.3. The molecule has 0 fully saturated rings. The van der Waals surface area contributed by atoms with Gasteiger partial charge in [0.05, 0.1) is 11.1 Å². The second-order valence-corrected chi connectivity index (χ2v) is 7.40. The molecule has 0 bridgehead atoms. The molecule has 0 atom stereocenters. The fourth-order valence-corrected chi connectivity index (χ4v) is 3.34. The molecule has 3 nitrogen and oxygen atoms in total. The first-order valence-corrected chi connectivity index (χ1v) is 8.96. The molecule has 1 N–H and O–H groups in total. The SMILES string of the molecule is C=C(O)c1c(N(C)C)nc2ccc(Cl)cc2c1-c1cccc(C(C)C)c1. The van der Waals surface area contributed by atoms with Crippen molar-refractivity contribution in [1.82, 2.24) is 4.98 Å². The fourth-order valence-electron chi connectivity index (χ4n) is 3.17. The topological polar surface area (TPSA) is 36.4 Å². The summed E-state index contributed by atoms with van der Waals surface area (Å²) < 4.78 is 0. The Morgan fingerprint density at radius 2 is 1.88 bits per heavy atom. The van der Waals surface area contributed by atoms with E-state index in [2.05, 4.69) is 32.6 Å². The standard InChI is InChI=1S/C22H23ClN2O/c1-13(2)15-7-6-8-16(11-15)21-18-12-17(23)9-10-19(18)24-22(25(4)5)20(21)14(3)26/h6-13,26H,3H2,1-2,4-5H3. The zero-order valence-electron chi connectivity index (χ0n) is 15.5. The number of halogens is 1. The molecule has 0 aliphatic heterocycles. The molecule has 0 saturated carbocycles. The van der Waals surface area contributed by atoms with Crippen LogP contribution in [0.2, 0.25) is 5.02 Å². The van der Waals surface area contributed by atoms with E-state index in [1.165, 1.54) is 5.56 Å². The molecule has 0 amide bonds. The molecule has 3 aromatic rings. The van der Waals surface area contributed by atoms with E-state index in [0.29, 0.717) is 22.3 Å². The van der Waals surface area contributed by atoms with Gasteiger partial charge in [-0.2, -0.15) is 0 Å². The lowest BCUT2D eigenvalue weighted by Gasteiger charge is -2.21. The van der Waals surface area contributed by atoms with Gasteiger partial charge in [-0.25, -0.2) is 4.98 Å².